The van der Waals surface area contributed by atoms with Crippen LogP contribution in [0.25, 0.3) is 0 Å². The van der Waals surface area contributed by atoms with Crippen LogP contribution in [0.15, 0.2) is 76.1 Å². The van der Waals surface area contributed by atoms with E-state index in [-0.39, 0.29) is 34.1 Å². The Kier molecular flexibility index (Phi) is 11.1. The minimum atomic E-state index is -4.21. The number of halogens is 2. The number of carbonyl (C=O) groups is 2. The van der Waals surface area contributed by atoms with Gasteiger partial charge in [-0.1, -0.05) is 76.6 Å². The van der Waals surface area contributed by atoms with E-state index in [1.54, 1.807) is 31.2 Å². The van der Waals surface area contributed by atoms with Crippen molar-refractivity contribution in [2.24, 2.45) is 0 Å². The molecule has 1 aliphatic rings. The van der Waals surface area contributed by atoms with E-state index >= 15 is 0 Å². The van der Waals surface area contributed by atoms with Gasteiger partial charge in [-0.15, -0.1) is 0 Å². The molecule has 3 aromatic carbocycles. The summed E-state index contributed by atoms with van der Waals surface area (Å²) in [6, 6.07) is 17.6. The predicted molar refractivity (Wildman–Crippen MR) is 173 cm³/mol. The van der Waals surface area contributed by atoms with E-state index in [4.69, 9.17) is 16.3 Å². The van der Waals surface area contributed by atoms with Crippen molar-refractivity contribution in [2.75, 3.05) is 18.0 Å². The number of nitrogens with one attached hydrogen (secondary N) is 1. The molecule has 0 spiro atoms. The number of sulfonamides is 1. The molecule has 0 radical (unpaired) electrons. The van der Waals surface area contributed by atoms with Crippen LogP contribution in [0.3, 0.4) is 0 Å². The van der Waals surface area contributed by atoms with E-state index in [0.29, 0.717) is 5.75 Å². The van der Waals surface area contributed by atoms with Crippen LogP contribution in [0.5, 0.6) is 5.75 Å². The summed E-state index contributed by atoms with van der Waals surface area (Å²) in [5.41, 5.74) is 1.88. The van der Waals surface area contributed by atoms with E-state index in [0.717, 1.165) is 52.0 Å². The average Bonchev–Trinajstić information content (AvgIpc) is 2.99. The van der Waals surface area contributed by atoms with Crippen LogP contribution in [0, 0.1) is 6.92 Å². The van der Waals surface area contributed by atoms with E-state index in [2.05, 4.69) is 21.2 Å². The van der Waals surface area contributed by atoms with E-state index in [1.165, 1.54) is 30.2 Å². The Morgan fingerprint density at radius 2 is 1.74 bits per heavy atom. The lowest BCUT2D eigenvalue weighted by atomic mass is 9.95. The number of carbonyl (C=O) groups excluding carboxylic acids is 2. The van der Waals surface area contributed by atoms with Gasteiger partial charge in [0.05, 0.1) is 22.7 Å². The van der Waals surface area contributed by atoms with Crippen molar-refractivity contribution in [1.29, 1.82) is 0 Å². The third kappa shape index (κ3) is 8.31. The highest BCUT2D eigenvalue weighted by atomic mass is 79.9. The van der Waals surface area contributed by atoms with Gasteiger partial charge in [0, 0.05) is 17.1 Å². The normalized spacial score (nSPS) is 14.5. The first-order chi connectivity index (χ1) is 20.5. The number of rotatable bonds is 11. The molecule has 43 heavy (non-hydrogen) atoms. The van der Waals surface area contributed by atoms with Crippen LogP contribution >= 0.6 is 27.5 Å². The molecule has 0 saturated heterocycles. The molecule has 0 aliphatic heterocycles. The molecule has 8 nitrogen and oxygen atoms in total. The van der Waals surface area contributed by atoms with Crippen molar-refractivity contribution >= 4 is 55.1 Å². The Hall–Kier alpha value is -3.08. The number of methoxy groups -OCH3 is 1. The summed E-state index contributed by atoms with van der Waals surface area (Å²) in [4.78, 5) is 29.1. The summed E-state index contributed by atoms with van der Waals surface area (Å²) in [5.74, 6) is -0.432. The molecule has 230 valence electrons. The lowest BCUT2D eigenvalue weighted by molar-refractivity contribution is -0.139. The maximum absolute atomic E-state index is 14.2. The van der Waals surface area contributed by atoms with Gasteiger partial charge in [-0.3, -0.25) is 13.9 Å². The third-order valence-electron chi connectivity index (χ3n) is 7.67. The first kappa shape index (κ1) is 32.8. The van der Waals surface area contributed by atoms with Gasteiger partial charge in [-0.25, -0.2) is 8.42 Å². The third-order valence-corrected chi connectivity index (χ3v) is 10.2. The van der Waals surface area contributed by atoms with Gasteiger partial charge in [0.15, 0.2) is 0 Å². The Morgan fingerprint density at radius 3 is 2.37 bits per heavy atom. The molecule has 0 bridgehead atoms. The molecular weight excluding hydrogens is 654 g/mol. The zero-order chi connectivity index (χ0) is 31.1. The minimum Gasteiger partial charge on any atom is -0.495 e. The highest BCUT2D eigenvalue weighted by Gasteiger charge is 2.33. The number of ether oxygens (including phenoxy) is 1. The number of amides is 2. The van der Waals surface area contributed by atoms with Crippen LogP contribution in [0.1, 0.15) is 50.2 Å². The summed E-state index contributed by atoms with van der Waals surface area (Å²) in [5, 5.41) is 3.31. The molecule has 1 aliphatic carbocycles. The zero-order valence-electron chi connectivity index (χ0n) is 24.6. The summed E-state index contributed by atoms with van der Waals surface area (Å²) < 4.78 is 35.2. The fraction of sp³-hybridized carbons (Fsp3) is 0.375. The van der Waals surface area contributed by atoms with Gasteiger partial charge < -0.3 is 15.0 Å². The molecule has 0 unspecified atom stereocenters. The first-order valence-electron chi connectivity index (χ1n) is 14.3. The molecule has 0 aromatic heterocycles. The monoisotopic (exact) mass is 689 g/mol. The molecular formula is C32H37BrClN3O5S. The second-order valence-corrected chi connectivity index (χ2v) is 14.0. The van der Waals surface area contributed by atoms with Crippen LogP contribution in [0.2, 0.25) is 5.02 Å². The molecule has 3 aromatic rings. The fourth-order valence-corrected chi connectivity index (χ4v) is 7.26. The Labute approximate surface area is 267 Å². The molecule has 1 atom stereocenters. The topological polar surface area (TPSA) is 96.0 Å². The number of benzene rings is 3. The minimum absolute atomic E-state index is 0.0273. The largest absolute Gasteiger partial charge is 0.495 e. The van der Waals surface area contributed by atoms with E-state index in [1.807, 2.05) is 31.2 Å². The smallest absolute Gasteiger partial charge is 0.264 e. The van der Waals surface area contributed by atoms with Gasteiger partial charge in [-0.2, -0.15) is 0 Å². The number of hydrogen-bond donors (Lipinski definition) is 1. The molecule has 0 heterocycles. The maximum Gasteiger partial charge on any atom is 0.264 e. The van der Waals surface area contributed by atoms with Crippen molar-refractivity contribution in [3.8, 4) is 5.75 Å². The Morgan fingerprint density at radius 1 is 1.05 bits per heavy atom. The van der Waals surface area contributed by atoms with Crippen LogP contribution in [-0.4, -0.2) is 50.9 Å². The van der Waals surface area contributed by atoms with Gasteiger partial charge in [-0.05, 0) is 74.7 Å². The highest BCUT2D eigenvalue weighted by molar-refractivity contribution is 9.10. The summed E-state index contributed by atoms with van der Waals surface area (Å²) in [6.45, 7) is 3.10. The summed E-state index contributed by atoms with van der Waals surface area (Å²) in [6.07, 6.45) is 5.06. The van der Waals surface area contributed by atoms with Crippen LogP contribution in [-0.2, 0) is 26.2 Å². The number of anilines is 1. The summed E-state index contributed by atoms with van der Waals surface area (Å²) >= 11 is 9.87. The van der Waals surface area contributed by atoms with E-state index in [9.17, 15) is 18.0 Å². The molecule has 2 amide bonds. The van der Waals surface area contributed by atoms with Gasteiger partial charge in [0.2, 0.25) is 11.8 Å². The Balaban J connectivity index is 1.70. The second-order valence-electron chi connectivity index (χ2n) is 10.8. The quantitative estimate of drug-likeness (QED) is 0.249. The van der Waals surface area contributed by atoms with Crippen molar-refractivity contribution < 1.29 is 22.7 Å². The van der Waals surface area contributed by atoms with Crippen molar-refractivity contribution in [1.82, 2.24) is 10.2 Å². The highest BCUT2D eigenvalue weighted by Crippen LogP contribution is 2.32. The summed E-state index contributed by atoms with van der Waals surface area (Å²) in [7, 11) is -2.74. The van der Waals surface area contributed by atoms with Crippen molar-refractivity contribution in [2.45, 2.75) is 69.5 Å². The zero-order valence-corrected chi connectivity index (χ0v) is 27.7. The van der Waals surface area contributed by atoms with Crippen LogP contribution in [0.4, 0.5) is 5.69 Å². The first-order valence-corrected chi connectivity index (χ1v) is 16.9. The lowest BCUT2D eigenvalue weighted by Crippen LogP contribution is -2.53. The van der Waals surface area contributed by atoms with Gasteiger partial charge >= 0.3 is 0 Å². The standard InChI is InChI=1S/C32H37BrClN3O5S/c1-22-12-15-28(16-13-22)43(40,41)37(27-14-17-30(42-3)29(34)19-27)21-31(38)36(20-24-8-7-9-25(33)18-24)23(2)32(39)35-26-10-5-4-6-11-26/h7-9,12-19,23,26H,4-6,10-11,20-21H2,1-3H3,(H,35,39)/t23-/m0/s1. The predicted octanol–water partition coefficient (Wildman–Crippen LogP) is 6.48. The molecule has 4 rings (SSSR count). The maximum atomic E-state index is 14.2. The molecule has 1 saturated carbocycles. The number of aryl methyl sites for hydroxylation is 1. The number of hydrogen-bond acceptors (Lipinski definition) is 5. The van der Waals surface area contributed by atoms with Gasteiger partial charge in [0.1, 0.15) is 18.3 Å². The van der Waals surface area contributed by atoms with Crippen LogP contribution < -0.4 is 14.4 Å². The molecule has 1 fully saturated rings. The number of nitrogens with zero attached hydrogens (tertiary/aromatic N) is 2. The SMILES string of the molecule is COc1ccc(N(CC(=O)N(Cc2cccc(Br)c2)[C@@H](C)C(=O)NC2CCCCC2)S(=O)(=O)c2ccc(C)cc2)cc1Cl. The molecule has 1 N–H and O–H groups in total. The second kappa shape index (κ2) is 14.6. The lowest BCUT2D eigenvalue weighted by Gasteiger charge is -2.33. The average molecular weight is 691 g/mol. The molecule has 11 heteroatoms. The van der Waals surface area contributed by atoms with Crippen molar-refractivity contribution in [3.05, 3.63) is 87.4 Å². The Bertz CT molecular complexity index is 1540. The van der Waals surface area contributed by atoms with Gasteiger partial charge in [0.25, 0.3) is 10.0 Å². The van der Waals surface area contributed by atoms with Crippen molar-refractivity contribution in [3.63, 3.8) is 0 Å². The fourth-order valence-electron chi connectivity index (χ4n) is 5.16. The van der Waals surface area contributed by atoms with E-state index < -0.39 is 28.5 Å².